The van der Waals surface area contributed by atoms with Crippen molar-refractivity contribution in [2.75, 3.05) is 0 Å². The number of rotatable bonds is 2. The van der Waals surface area contributed by atoms with E-state index in [1.807, 2.05) is 0 Å². The molecule has 12 heavy (non-hydrogen) atoms. The highest BCUT2D eigenvalue weighted by Crippen LogP contribution is 2.02. The van der Waals surface area contributed by atoms with Crippen LogP contribution in [-0.4, -0.2) is 12.2 Å². The first-order chi connectivity index (χ1) is 5.86. The van der Waals surface area contributed by atoms with Crippen LogP contribution in [0.15, 0.2) is 24.3 Å². The second-order valence-corrected chi connectivity index (χ2v) is 2.03. The summed E-state index contributed by atoms with van der Waals surface area (Å²) in [6.45, 7) is 0. The van der Waals surface area contributed by atoms with Crippen molar-refractivity contribution in [2.45, 2.75) is 0 Å². The molecule has 58 valence electrons. The van der Waals surface area contributed by atoms with Crippen LogP contribution in [0.5, 0.6) is 0 Å². The van der Waals surface area contributed by atoms with Crippen molar-refractivity contribution in [3.63, 3.8) is 0 Å². The van der Waals surface area contributed by atoms with E-state index in [9.17, 15) is 9.59 Å². The number of hydrogen-bond donors (Lipinski definition) is 2. The van der Waals surface area contributed by atoms with Crippen molar-refractivity contribution in [3.8, 4) is 0 Å². The number of hydrogen-bond acceptors (Lipinski definition) is 2. The second-order valence-electron chi connectivity index (χ2n) is 2.03. The van der Waals surface area contributed by atoms with E-state index in [1.165, 1.54) is 12.2 Å². The zero-order valence-corrected chi connectivity index (χ0v) is 6.13. The van der Waals surface area contributed by atoms with E-state index >= 15 is 0 Å². The van der Waals surface area contributed by atoms with Gasteiger partial charge in [-0.15, -0.1) is 9.98 Å². The largest absolute Gasteiger partial charge is 0.428 e. The summed E-state index contributed by atoms with van der Waals surface area (Å²) in [7, 11) is 0. The summed E-state index contributed by atoms with van der Waals surface area (Å²) in [6, 6.07) is 6.57. The average molecular weight is 162 g/mol. The van der Waals surface area contributed by atoms with Crippen molar-refractivity contribution in [2.24, 2.45) is 0 Å². The number of isocyanates is 2. The molecule has 0 fully saturated rings. The highest BCUT2D eigenvalue weighted by molar-refractivity contribution is 5.42. The van der Waals surface area contributed by atoms with Crippen LogP contribution in [0.4, 0.5) is 11.4 Å². The lowest BCUT2D eigenvalue weighted by Crippen LogP contribution is -2.60. The lowest BCUT2D eigenvalue weighted by molar-refractivity contribution is -0.355. The van der Waals surface area contributed by atoms with Crippen LogP contribution in [0, 0.1) is 0 Å². The second kappa shape index (κ2) is 3.98. The molecule has 1 rings (SSSR count). The average Bonchev–Trinajstić information content (AvgIpc) is 2.09. The van der Waals surface area contributed by atoms with Gasteiger partial charge in [-0.3, -0.25) is 0 Å². The van der Waals surface area contributed by atoms with Crippen molar-refractivity contribution in [1.29, 1.82) is 0 Å². The van der Waals surface area contributed by atoms with Crippen molar-refractivity contribution < 1.29 is 19.6 Å². The van der Waals surface area contributed by atoms with Gasteiger partial charge in [-0.2, -0.15) is 9.59 Å². The highest BCUT2D eigenvalue weighted by Gasteiger charge is 1.98. The molecule has 1 aromatic rings. The number of nitrogens with one attached hydrogen (secondary N) is 2. The fourth-order valence-electron chi connectivity index (χ4n) is 0.755. The Morgan fingerprint density at radius 3 is 1.42 bits per heavy atom. The standard InChI is InChI=1S/C8H4N2O2/c11-5-9-7-1-2-8(4-3-7)10-6-12/h1-4H/p+2. The molecule has 1 aromatic carbocycles. The lowest BCUT2D eigenvalue weighted by Gasteiger charge is -1.81. The Labute approximate surface area is 68.3 Å². The molecular formula is C8H6N2O2+2. The normalized spacial score (nSPS) is 8.00. The molecular weight excluding hydrogens is 156 g/mol. The van der Waals surface area contributed by atoms with Crippen molar-refractivity contribution >= 4 is 23.5 Å². The maximum absolute atomic E-state index is 9.87. The summed E-state index contributed by atoms with van der Waals surface area (Å²) in [5, 5.41) is 0. The van der Waals surface area contributed by atoms with Crippen molar-refractivity contribution in [1.82, 2.24) is 0 Å². The number of carbonyl (C=O) groups excluding carboxylic acids is 2. The summed E-state index contributed by atoms with van der Waals surface area (Å²) in [6.07, 6.45) is 3.08. The Balaban J connectivity index is 2.99. The molecule has 0 aliphatic heterocycles. The zero-order chi connectivity index (χ0) is 8.81. The van der Waals surface area contributed by atoms with Crippen LogP contribution in [0.25, 0.3) is 0 Å². The summed E-state index contributed by atoms with van der Waals surface area (Å²) < 4.78 is 0. The Hall–Kier alpha value is -2.02. The monoisotopic (exact) mass is 162 g/mol. The van der Waals surface area contributed by atoms with Gasteiger partial charge in [0.25, 0.3) is 0 Å². The molecule has 0 saturated heterocycles. The van der Waals surface area contributed by atoms with Crippen LogP contribution in [0.1, 0.15) is 0 Å². The Bertz CT molecular complexity index is 320. The van der Waals surface area contributed by atoms with Gasteiger partial charge in [-0.1, -0.05) is 0 Å². The molecule has 4 nitrogen and oxygen atoms in total. The van der Waals surface area contributed by atoms with Crippen molar-refractivity contribution in [3.05, 3.63) is 24.3 Å². The molecule has 0 aliphatic carbocycles. The fourth-order valence-corrected chi connectivity index (χ4v) is 0.755. The van der Waals surface area contributed by atoms with E-state index in [0.29, 0.717) is 11.4 Å². The molecule has 4 heteroatoms. The molecule has 0 amide bonds. The lowest BCUT2D eigenvalue weighted by atomic mass is 10.3. The van der Waals surface area contributed by atoms with E-state index < -0.39 is 0 Å². The summed E-state index contributed by atoms with van der Waals surface area (Å²) in [4.78, 5) is 24.4. The van der Waals surface area contributed by atoms with Gasteiger partial charge in [0.2, 0.25) is 11.4 Å². The highest BCUT2D eigenvalue weighted by atomic mass is 16.1. The molecule has 0 heterocycles. The predicted octanol–water partition coefficient (Wildman–Crippen LogP) is -2.22. The molecule has 0 spiro atoms. The van der Waals surface area contributed by atoms with E-state index in [4.69, 9.17) is 0 Å². The third kappa shape index (κ3) is 1.99. The van der Waals surface area contributed by atoms with E-state index in [2.05, 4.69) is 9.98 Å². The molecule has 2 N–H and O–H groups in total. The third-order valence-corrected chi connectivity index (χ3v) is 1.28. The smallest absolute Gasteiger partial charge is 0.159 e. The van der Waals surface area contributed by atoms with Gasteiger partial charge in [0.1, 0.15) is 0 Å². The Morgan fingerprint density at radius 1 is 0.833 bits per heavy atom. The molecule has 0 radical (unpaired) electrons. The molecule has 0 bridgehead atoms. The van der Waals surface area contributed by atoms with Gasteiger partial charge in [0.05, 0.1) is 0 Å². The molecule has 0 aliphatic rings. The van der Waals surface area contributed by atoms with E-state index in [1.54, 1.807) is 24.3 Å². The van der Waals surface area contributed by atoms with Gasteiger partial charge < -0.3 is 0 Å². The van der Waals surface area contributed by atoms with Crippen LogP contribution in [-0.2, 0) is 9.59 Å². The topological polar surface area (TPSA) is 62.1 Å². The van der Waals surface area contributed by atoms with Crippen LogP contribution >= 0.6 is 0 Å². The van der Waals surface area contributed by atoms with Crippen LogP contribution < -0.4 is 9.98 Å². The molecule has 0 saturated carbocycles. The minimum absolute atomic E-state index is 0.626. The first-order valence-corrected chi connectivity index (χ1v) is 3.23. The van der Waals surface area contributed by atoms with Gasteiger partial charge in [-0.05, 0) is 0 Å². The summed E-state index contributed by atoms with van der Waals surface area (Å²) in [5.74, 6) is 0. The Morgan fingerprint density at radius 2 is 1.17 bits per heavy atom. The SMILES string of the molecule is O=C=[NH+]c1ccc([NH+]=C=O)cc1. The third-order valence-electron chi connectivity index (χ3n) is 1.28. The first-order valence-electron chi connectivity index (χ1n) is 3.23. The van der Waals surface area contributed by atoms with Gasteiger partial charge in [0, 0.05) is 24.3 Å². The minimum Gasteiger partial charge on any atom is -0.159 e. The van der Waals surface area contributed by atoms with Gasteiger partial charge in [-0.25, -0.2) is 0 Å². The van der Waals surface area contributed by atoms with Crippen LogP contribution in [0.2, 0.25) is 0 Å². The maximum atomic E-state index is 9.87. The summed E-state index contributed by atoms with van der Waals surface area (Å²) >= 11 is 0. The van der Waals surface area contributed by atoms with E-state index in [0.717, 1.165) is 0 Å². The first kappa shape index (κ1) is 8.08. The quantitative estimate of drug-likeness (QED) is 0.382. The van der Waals surface area contributed by atoms with Gasteiger partial charge in [0.15, 0.2) is 0 Å². The maximum Gasteiger partial charge on any atom is 0.428 e. The molecule has 0 unspecified atom stereocenters. The minimum atomic E-state index is 0.626. The zero-order valence-electron chi connectivity index (χ0n) is 6.13. The van der Waals surface area contributed by atoms with Crippen LogP contribution in [0.3, 0.4) is 0 Å². The summed E-state index contributed by atoms with van der Waals surface area (Å²) in [5.41, 5.74) is 1.25. The number of benzene rings is 1. The predicted molar refractivity (Wildman–Crippen MR) is 39.1 cm³/mol. The molecule has 0 aromatic heterocycles. The molecule has 0 atom stereocenters. The van der Waals surface area contributed by atoms with E-state index in [-0.39, 0.29) is 0 Å². The Kier molecular flexibility index (Phi) is 2.68. The van der Waals surface area contributed by atoms with Gasteiger partial charge >= 0.3 is 12.2 Å². The fraction of sp³-hybridized carbons (Fsp3) is 0.